The lowest BCUT2D eigenvalue weighted by atomic mass is 10.2. The zero-order valence-electron chi connectivity index (χ0n) is 9.50. The highest BCUT2D eigenvalue weighted by atomic mass is 79.9. The second-order valence-corrected chi connectivity index (χ2v) is 5.39. The quantitative estimate of drug-likeness (QED) is 0.399. The lowest BCUT2D eigenvalue weighted by Crippen LogP contribution is -2.05. The molecule has 0 unspecified atom stereocenters. The fourth-order valence-electron chi connectivity index (χ4n) is 1.36. The normalized spacial score (nSPS) is 10.4. The number of H-pyrrole nitrogens is 1. The maximum Gasteiger partial charge on any atom is 0.283 e. The molecule has 1 aromatic heterocycles. The molecule has 0 atom stereocenters. The predicted octanol–water partition coefficient (Wildman–Crippen LogP) is 2.73. The molecular formula is C11H8BrN3O3S. The van der Waals surface area contributed by atoms with E-state index in [9.17, 15) is 14.9 Å². The minimum absolute atomic E-state index is 0.0209. The molecule has 1 N–H and O–H groups in total. The number of benzene rings is 1. The van der Waals surface area contributed by atoms with Crippen molar-refractivity contribution < 1.29 is 4.92 Å². The average molecular weight is 342 g/mol. The third-order valence-electron chi connectivity index (χ3n) is 2.23. The van der Waals surface area contributed by atoms with Crippen molar-refractivity contribution in [2.45, 2.75) is 10.9 Å². The van der Waals surface area contributed by atoms with Crippen molar-refractivity contribution in [2.24, 2.45) is 0 Å². The van der Waals surface area contributed by atoms with Gasteiger partial charge in [-0.05, 0) is 27.6 Å². The van der Waals surface area contributed by atoms with Crippen LogP contribution in [0.4, 0.5) is 5.69 Å². The Morgan fingerprint density at radius 3 is 2.89 bits per heavy atom. The molecule has 0 aliphatic rings. The van der Waals surface area contributed by atoms with Gasteiger partial charge in [-0.25, -0.2) is 4.98 Å². The van der Waals surface area contributed by atoms with E-state index in [1.807, 2.05) is 0 Å². The van der Waals surface area contributed by atoms with Gasteiger partial charge in [-0.15, -0.1) is 0 Å². The molecule has 0 spiro atoms. The summed E-state index contributed by atoms with van der Waals surface area (Å²) in [6, 6.07) is 6.24. The number of nitro groups is 1. The summed E-state index contributed by atoms with van der Waals surface area (Å²) in [7, 11) is 0. The third-order valence-corrected chi connectivity index (χ3v) is 3.86. The molecule has 0 aliphatic heterocycles. The Labute approximate surface area is 120 Å². The van der Waals surface area contributed by atoms with E-state index >= 15 is 0 Å². The van der Waals surface area contributed by atoms with E-state index in [2.05, 4.69) is 25.9 Å². The highest BCUT2D eigenvalue weighted by molar-refractivity contribution is 9.10. The Balaban J connectivity index is 2.14. The van der Waals surface area contributed by atoms with Crippen LogP contribution in [0.5, 0.6) is 0 Å². The first-order chi connectivity index (χ1) is 9.06. The lowest BCUT2D eigenvalue weighted by molar-refractivity contribution is -0.385. The van der Waals surface area contributed by atoms with Gasteiger partial charge in [0, 0.05) is 24.1 Å². The summed E-state index contributed by atoms with van der Waals surface area (Å²) < 4.78 is 0.442. The van der Waals surface area contributed by atoms with E-state index < -0.39 is 4.92 Å². The van der Waals surface area contributed by atoms with Crippen LogP contribution in [-0.4, -0.2) is 14.9 Å². The average Bonchev–Trinajstić information content (AvgIpc) is 2.37. The van der Waals surface area contributed by atoms with Crippen molar-refractivity contribution in [1.29, 1.82) is 0 Å². The molecule has 0 saturated carbocycles. The van der Waals surface area contributed by atoms with E-state index in [0.29, 0.717) is 15.4 Å². The Hall–Kier alpha value is -1.67. The Bertz CT molecular complexity index is 674. The fourth-order valence-corrected chi connectivity index (χ4v) is 2.55. The molecule has 0 amide bonds. The third kappa shape index (κ3) is 3.65. The molecule has 19 heavy (non-hydrogen) atoms. The summed E-state index contributed by atoms with van der Waals surface area (Å²) in [5.74, 6) is 0.487. The summed E-state index contributed by atoms with van der Waals surface area (Å²) in [5.41, 5.74) is 0.582. The number of nitrogens with one attached hydrogen (secondary N) is 1. The first-order valence-corrected chi connectivity index (χ1v) is 6.95. The van der Waals surface area contributed by atoms with Crippen LogP contribution in [0.3, 0.4) is 0 Å². The number of nitrogens with zero attached hydrogens (tertiary/aromatic N) is 2. The van der Waals surface area contributed by atoms with Gasteiger partial charge in [0.1, 0.15) is 0 Å². The number of hydrogen-bond acceptors (Lipinski definition) is 5. The molecule has 6 nitrogen and oxygen atoms in total. The van der Waals surface area contributed by atoms with Gasteiger partial charge in [0.05, 0.1) is 9.40 Å². The summed E-state index contributed by atoms with van der Waals surface area (Å²) in [6.07, 6.45) is 1.42. The van der Waals surface area contributed by atoms with Crippen LogP contribution in [0.25, 0.3) is 0 Å². The fraction of sp³-hybridized carbons (Fsp3) is 0.0909. The van der Waals surface area contributed by atoms with E-state index in [-0.39, 0.29) is 11.2 Å². The molecular weight excluding hydrogens is 334 g/mol. The largest absolute Gasteiger partial charge is 0.301 e. The number of aromatic amines is 1. The van der Waals surface area contributed by atoms with Crippen molar-refractivity contribution >= 4 is 33.4 Å². The Morgan fingerprint density at radius 1 is 1.42 bits per heavy atom. The molecule has 2 rings (SSSR count). The number of thioether (sulfide) groups is 1. The van der Waals surface area contributed by atoms with Crippen LogP contribution in [0.15, 0.2) is 44.9 Å². The minimum atomic E-state index is -0.444. The van der Waals surface area contributed by atoms with Gasteiger partial charge < -0.3 is 4.98 Å². The van der Waals surface area contributed by atoms with Crippen LogP contribution in [0.1, 0.15) is 5.56 Å². The standard InChI is InChI=1S/C11H8BrN3O3S/c12-8-2-1-7(5-9(8)15(17)18)6-19-11-13-4-3-10(16)14-11/h1-5H,6H2,(H,13,14,16). The molecule has 1 heterocycles. The van der Waals surface area contributed by atoms with Crippen molar-refractivity contribution in [3.05, 3.63) is 61.0 Å². The minimum Gasteiger partial charge on any atom is -0.301 e. The molecule has 0 bridgehead atoms. The molecule has 1 aromatic carbocycles. The van der Waals surface area contributed by atoms with Crippen LogP contribution < -0.4 is 5.56 Å². The van der Waals surface area contributed by atoms with E-state index in [1.165, 1.54) is 30.1 Å². The topological polar surface area (TPSA) is 88.9 Å². The van der Waals surface area contributed by atoms with Gasteiger partial charge in [0.2, 0.25) is 0 Å². The van der Waals surface area contributed by atoms with Gasteiger partial charge in [0.15, 0.2) is 5.16 Å². The highest BCUT2D eigenvalue weighted by Gasteiger charge is 2.12. The molecule has 0 fully saturated rings. The number of rotatable bonds is 4. The molecule has 98 valence electrons. The second kappa shape index (κ2) is 5.98. The lowest BCUT2D eigenvalue weighted by Gasteiger charge is -2.02. The first-order valence-electron chi connectivity index (χ1n) is 5.17. The van der Waals surface area contributed by atoms with Crippen LogP contribution >= 0.6 is 27.7 Å². The molecule has 0 saturated heterocycles. The second-order valence-electron chi connectivity index (χ2n) is 3.57. The summed E-state index contributed by atoms with van der Waals surface area (Å²) in [6.45, 7) is 0. The van der Waals surface area contributed by atoms with E-state index in [1.54, 1.807) is 12.1 Å². The van der Waals surface area contributed by atoms with Crippen LogP contribution in [0, 0.1) is 10.1 Å². The number of hydrogen-bond donors (Lipinski definition) is 1. The highest BCUT2D eigenvalue weighted by Crippen LogP contribution is 2.28. The van der Waals surface area contributed by atoms with Crippen molar-refractivity contribution in [3.63, 3.8) is 0 Å². The van der Waals surface area contributed by atoms with E-state index in [0.717, 1.165) is 5.56 Å². The zero-order chi connectivity index (χ0) is 13.8. The maximum atomic E-state index is 11.1. The van der Waals surface area contributed by atoms with E-state index in [4.69, 9.17) is 0 Å². The van der Waals surface area contributed by atoms with Crippen molar-refractivity contribution in [2.75, 3.05) is 0 Å². The molecule has 8 heteroatoms. The summed E-state index contributed by atoms with van der Waals surface area (Å²) in [5, 5.41) is 11.3. The van der Waals surface area contributed by atoms with Gasteiger partial charge in [-0.3, -0.25) is 14.9 Å². The monoisotopic (exact) mass is 341 g/mol. The summed E-state index contributed by atoms with van der Waals surface area (Å²) >= 11 is 4.44. The Kier molecular flexibility index (Phi) is 4.33. The number of aromatic nitrogens is 2. The van der Waals surface area contributed by atoms with Crippen LogP contribution in [0.2, 0.25) is 0 Å². The van der Waals surface area contributed by atoms with Crippen molar-refractivity contribution in [3.8, 4) is 0 Å². The number of halogens is 1. The molecule has 0 radical (unpaired) electrons. The van der Waals surface area contributed by atoms with Crippen LogP contribution in [-0.2, 0) is 5.75 Å². The predicted molar refractivity (Wildman–Crippen MR) is 75.2 cm³/mol. The number of nitro benzene ring substituents is 1. The zero-order valence-corrected chi connectivity index (χ0v) is 11.9. The summed E-state index contributed by atoms with van der Waals surface area (Å²) in [4.78, 5) is 28.0. The van der Waals surface area contributed by atoms with Gasteiger partial charge >= 0.3 is 0 Å². The smallest absolute Gasteiger partial charge is 0.283 e. The molecule has 2 aromatic rings. The molecule has 0 aliphatic carbocycles. The van der Waals surface area contributed by atoms with Gasteiger partial charge in [-0.1, -0.05) is 17.8 Å². The van der Waals surface area contributed by atoms with Gasteiger partial charge in [0.25, 0.3) is 11.2 Å². The van der Waals surface area contributed by atoms with Gasteiger partial charge in [-0.2, -0.15) is 0 Å². The maximum absolute atomic E-state index is 11.1. The first kappa shape index (κ1) is 13.8. The Morgan fingerprint density at radius 2 is 2.21 bits per heavy atom. The SMILES string of the molecule is O=c1ccnc(SCc2ccc(Br)c([N+](=O)[O-])c2)[nH]1. The van der Waals surface area contributed by atoms with Crippen molar-refractivity contribution in [1.82, 2.24) is 9.97 Å².